The zero-order valence-corrected chi connectivity index (χ0v) is 10.3. The number of hydrogen-bond acceptors (Lipinski definition) is 4. The van der Waals surface area contributed by atoms with Gasteiger partial charge in [-0.05, 0) is 18.2 Å². The minimum absolute atomic E-state index is 0.0309. The van der Waals surface area contributed by atoms with E-state index in [1.54, 1.807) is 23.9 Å². The molecule has 0 bridgehead atoms. The van der Waals surface area contributed by atoms with Crippen LogP contribution in [0, 0.1) is 0 Å². The molecule has 3 N–H and O–H groups in total. The molecule has 0 aliphatic carbocycles. The van der Waals surface area contributed by atoms with Gasteiger partial charge in [0.25, 0.3) is 0 Å². The topological polar surface area (TPSA) is 64.3 Å². The van der Waals surface area contributed by atoms with Crippen molar-refractivity contribution in [1.29, 1.82) is 0 Å². The molecule has 1 heterocycles. The van der Waals surface area contributed by atoms with Crippen LogP contribution in [0.2, 0.25) is 0 Å². The van der Waals surface area contributed by atoms with Crippen LogP contribution >= 0.6 is 11.8 Å². The smallest absolute Gasteiger partial charge is 0.225 e. The molecule has 0 saturated carbocycles. The van der Waals surface area contributed by atoms with Crippen molar-refractivity contribution in [3.63, 3.8) is 0 Å². The highest BCUT2D eigenvalue weighted by Gasteiger charge is 2.18. The van der Waals surface area contributed by atoms with Crippen LogP contribution < -0.4 is 11.1 Å². The van der Waals surface area contributed by atoms with Crippen molar-refractivity contribution < 1.29 is 9.53 Å². The quantitative estimate of drug-likeness (QED) is 0.783. The van der Waals surface area contributed by atoms with Crippen molar-refractivity contribution >= 4 is 29.0 Å². The lowest BCUT2D eigenvalue weighted by Gasteiger charge is -2.24. The second kappa shape index (κ2) is 5.93. The van der Waals surface area contributed by atoms with Crippen molar-refractivity contribution in [2.45, 2.75) is 11.7 Å². The Hall–Kier alpha value is -1.20. The van der Waals surface area contributed by atoms with Crippen molar-refractivity contribution in [1.82, 2.24) is 0 Å². The van der Waals surface area contributed by atoms with E-state index in [9.17, 15) is 4.79 Å². The molecule has 1 aliphatic heterocycles. The minimum Gasteiger partial charge on any atom is -0.399 e. The third-order valence-electron chi connectivity index (χ3n) is 2.46. The molecule has 1 aromatic rings. The summed E-state index contributed by atoms with van der Waals surface area (Å²) >= 11 is 1.79. The zero-order valence-electron chi connectivity index (χ0n) is 9.52. The number of rotatable bonds is 5. The molecule has 0 aromatic heterocycles. The number of nitrogen functional groups attached to an aromatic ring is 1. The number of benzene rings is 1. The number of amides is 1. The van der Waals surface area contributed by atoms with Gasteiger partial charge in [-0.15, -0.1) is 0 Å². The molecule has 1 amide bonds. The fourth-order valence-corrected chi connectivity index (χ4v) is 2.49. The molecule has 1 aliphatic rings. The Morgan fingerprint density at radius 3 is 3.00 bits per heavy atom. The van der Waals surface area contributed by atoms with Crippen LogP contribution in [0.25, 0.3) is 0 Å². The number of thioether (sulfide) groups is 1. The van der Waals surface area contributed by atoms with E-state index >= 15 is 0 Å². The van der Waals surface area contributed by atoms with Gasteiger partial charge >= 0.3 is 0 Å². The first-order chi connectivity index (χ1) is 8.24. The molecular formula is C12H16N2O2S. The van der Waals surface area contributed by atoms with Gasteiger partial charge in [0, 0.05) is 23.5 Å². The number of hydrogen-bond donors (Lipinski definition) is 2. The molecule has 1 fully saturated rings. The van der Waals surface area contributed by atoms with Crippen molar-refractivity contribution in [3.8, 4) is 0 Å². The lowest BCUT2D eigenvalue weighted by molar-refractivity contribution is -0.115. The predicted octanol–water partition coefficient (Wildman–Crippen LogP) is 1.73. The molecular weight excluding hydrogens is 236 g/mol. The monoisotopic (exact) mass is 252 g/mol. The number of carbonyl (C=O) groups is 1. The van der Waals surface area contributed by atoms with Gasteiger partial charge in [0.2, 0.25) is 5.91 Å². The number of nitrogens with two attached hydrogens (primary N) is 1. The van der Waals surface area contributed by atoms with Gasteiger partial charge < -0.3 is 15.8 Å². The van der Waals surface area contributed by atoms with Gasteiger partial charge in [0.05, 0.1) is 18.5 Å². The van der Waals surface area contributed by atoms with Gasteiger partial charge in [-0.1, -0.05) is 6.07 Å². The highest BCUT2D eigenvalue weighted by atomic mass is 32.2. The van der Waals surface area contributed by atoms with E-state index in [2.05, 4.69) is 5.32 Å². The molecule has 0 atom stereocenters. The van der Waals surface area contributed by atoms with Gasteiger partial charge in [0.15, 0.2) is 0 Å². The Bertz CT molecular complexity index is 394. The fraction of sp³-hybridized carbons (Fsp3) is 0.417. The van der Waals surface area contributed by atoms with Crippen LogP contribution in [0.3, 0.4) is 0 Å². The Kier molecular flexibility index (Phi) is 4.28. The molecule has 5 heteroatoms. The molecule has 17 heavy (non-hydrogen) atoms. The molecule has 0 radical (unpaired) electrons. The average molecular weight is 252 g/mol. The van der Waals surface area contributed by atoms with Gasteiger partial charge in [-0.25, -0.2) is 0 Å². The van der Waals surface area contributed by atoms with Crippen LogP contribution in [0.15, 0.2) is 24.3 Å². The van der Waals surface area contributed by atoms with Gasteiger partial charge in [0.1, 0.15) is 0 Å². The molecule has 1 aromatic carbocycles. The Morgan fingerprint density at radius 2 is 2.35 bits per heavy atom. The maximum atomic E-state index is 11.6. The lowest BCUT2D eigenvalue weighted by Crippen LogP contribution is -2.30. The fourth-order valence-electron chi connectivity index (χ4n) is 1.47. The van der Waals surface area contributed by atoms with Crippen LogP contribution in [-0.4, -0.2) is 30.1 Å². The summed E-state index contributed by atoms with van der Waals surface area (Å²) in [7, 11) is 0. The number of anilines is 2. The van der Waals surface area contributed by atoms with E-state index in [1.165, 1.54) is 0 Å². The summed E-state index contributed by atoms with van der Waals surface area (Å²) in [5.74, 6) is 0.866. The van der Waals surface area contributed by atoms with E-state index in [0.717, 1.165) is 24.7 Å². The van der Waals surface area contributed by atoms with E-state index in [4.69, 9.17) is 10.5 Å². The average Bonchev–Trinajstić information content (AvgIpc) is 2.22. The second-order valence-corrected chi connectivity index (χ2v) is 5.36. The highest BCUT2D eigenvalue weighted by Crippen LogP contribution is 2.20. The van der Waals surface area contributed by atoms with Crippen LogP contribution in [0.1, 0.15) is 6.42 Å². The molecule has 0 spiro atoms. The summed E-state index contributed by atoms with van der Waals surface area (Å²) in [6.45, 7) is 1.64. The first kappa shape index (κ1) is 12.3. The molecule has 4 nitrogen and oxygen atoms in total. The van der Waals surface area contributed by atoms with Gasteiger partial charge in [-0.3, -0.25) is 4.79 Å². The molecule has 0 unspecified atom stereocenters. The summed E-state index contributed by atoms with van der Waals surface area (Å²) < 4.78 is 5.07. The maximum absolute atomic E-state index is 11.6. The van der Waals surface area contributed by atoms with Crippen LogP contribution in [0.4, 0.5) is 11.4 Å². The largest absolute Gasteiger partial charge is 0.399 e. The van der Waals surface area contributed by atoms with Crippen molar-refractivity contribution in [2.75, 3.05) is 30.0 Å². The van der Waals surface area contributed by atoms with E-state index in [1.807, 2.05) is 12.1 Å². The van der Waals surface area contributed by atoms with Crippen LogP contribution in [-0.2, 0) is 9.53 Å². The Labute approximate surface area is 105 Å². The van der Waals surface area contributed by atoms with Crippen molar-refractivity contribution in [3.05, 3.63) is 24.3 Å². The maximum Gasteiger partial charge on any atom is 0.225 e. The third kappa shape index (κ3) is 3.94. The molecule has 1 saturated heterocycles. The third-order valence-corrected chi connectivity index (χ3v) is 3.64. The van der Waals surface area contributed by atoms with E-state index in [0.29, 0.717) is 17.4 Å². The zero-order chi connectivity index (χ0) is 12.1. The second-order valence-electron chi connectivity index (χ2n) is 3.95. The summed E-state index contributed by atoms with van der Waals surface area (Å²) in [4.78, 5) is 11.6. The SMILES string of the molecule is Nc1cccc(NC(=O)CCSC2COC2)c1. The summed E-state index contributed by atoms with van der Waals surface area (Å²) in [6, 6.07) is 7.21. The number of nitrogens with one attached hydrogen (secondary N) is 1. The predicted molar refractivity (Wildman–Crippen MR) is 71.2 cm³/mol. The summed E-state index contributed by atoms with van der Waals surface area (Å²) in [6.07, 6.45) is 0.524. The first-order valence-electron chi connectivity index (χ1n) is 5.59. The van der Waals surface area contributed by atoms with E-state index in [-0.39, 0.29) is 5.91 Å². The minimum atomic E-state index is 0.0309. The van der Waals surface area contributed by atoms with E-state index < -0.39 is 0 Å². The standard InChI is InChI=1S/C12H16N2O2S/c13-9-2-1-3-10(6-9)14-12(15)4-5-17-11-7-16-8-11/h1-3,6,11H,4-5,7-8,13H2,(H,14,15). The number of ether oxygens (including phenoxy) is 1. The lowest BCUT2D eigenvalue weighted by atomic mass is 10.3. The summed E-state index contributed by atoms with van der Waals surface area (Å²) in [5.41, 5.74) is 7.04. The Balaban J connectivity index is 1.69. The first-order valence-corrected chi connectivity index (χ1v) is 6.63. The molecule has 92 valence electrons. The number of carbonyl (C=O) groups excluding carboxylic acids is 1. The van der Waals surface area contributed by atoms with Crippen LogP contribution in [0.5, 0.6) is 0 Å². The highest BCUT2D eigenvalue weighted by molar-refractivity contribution is 8.00. The van der Waals surface area contributed by atoms with Crippen molar-refractivity contribution in [2.24, 2.45) is 0 Å². The van der Waals surface area contributed by atoms with Gasteiger partial charge in [-0.2, -0.15) is 11.8 Å². The molecule has 2 rings (SSSR count). The normalized spacial score (nSPS) is 15.3. The Morgan fingerprint density at radius 1 is 1.53 bits per heavy atom. The summed E-state index contributed by atoms with van der Waals surface area (Å²) in [5, 5.41) is 3.41.